The fraction of sp³-hybridized carbons (Fsp3) is 0.438. The number of aryl methyl sites for hydroxylation is 1. The molecular formula is C16H20BrN3. The molecular weight excluding hydrogens is 314 g/mol. The van der Waals surface area contributed by atoms with E-state index in [0.717, 1.165) is 29.8 Å². The Hall–Kier alpha value is -1.13. The number of rotatable bonds is 3. The molecule has 1 aliphatic rings. The van der Waals surface area contributed by atoms with Crippen LogP contribution in [0.5, 0.6) is 0 Å². The summed E-state index contributed by atoms with van der Waals surface area (Å²) in [4.78, 5) is 0. The lowest BCUT2D eigenvalue weighted by Crippen LogP contribution is -2.32. The smallest absolute Gasteiger partial charge is 0.0672 e. The largest absolute Gasteiger partial charge is 0.316 e. The van der Waals surface area contributed by atoms with Crippen LogP contribution in [0.4, 0.5) is 0 Å². The Morgan fingerprint density at radius 1 is 1.45 bits per heavy atom. The van der Waals surface area contributed by atoms with Crippen LogP contribution in [-0.4, -0.2) is 22.9 Å². The van der Waals surface area contributed by atoms with Crippen molar-refractivity contribution in [3.05, 3.63) is 40.6 Å². The topological polar surface area (TPSA) is 29.9 Å². The van der Waals surface area contributed by atoms with Crippen molar-refractivity contribution in [2.75, 3.05) is 13.1 Å². The van der Waals surface area contributed by atoms with Crippen LogP contribution < -0.4 is 5.32 Å². The van der Waals surface area contributed by atoms with E-state index in [2.05, 4.69) is 68.4 Å². The molecule has 1 N–H and O–H groups in total. The molecule has 1 aromatic heterocycles. The maximum absolute atomic E-state index is 4.68. The van der Waals surface area contributed by atoms with Gasteiger partial charge in [0.15, 0.2) is 0 Å². The zero-order chi connectivity index (χ0) is 13.9. The third-order valence-electron chi connectivity index (χ3n) is 3.93. The Bertz CT molecular complexity index is 585. The molecule has 0 saturated carbocycles. The highest BCUT2D eigenvalue weighted by Crippen LogP contribution is 2.26. The Kier molecular flexibility index (Phi) is 4.22. The summed E-state index contributed by atoms with van der Waals surface area (Å²) >= 11 is 3.53. The lowest BCUT2D eigenvalue weighted by molar-refractivity contribution is 0.325. The molecule has 20 heavy (non-hydrogen) atoms. The van der Waals surface area contributed by atoms with Gasteiger partial charge in [0.2, 0.25) is 0 Å². The number of piperidine rings is 1. The van der Waals surface area contributed by atoms with E-state index in [0.29, 0.717) is 5.92 Å². The van der Waals surface area contributed by atoms with Gasteiger partial charge in [-0.15, -0.1) is 0 Å². The number of nitrogens with one attached hydrogen (secondary N) is 1. The molecule has 3 rings (SSSR count). The van der Waals surface area contributed by atoms with E-state index in [1.54, 1.807) is 0 Å². The van der Waals surface area contributed by atoms with E-state index in [1.807, 2.05) is 0 Å². The van der Waals surface area contributed by atoms with Crippen LogP contribution in [0.1, 0.15) is 18.5 Å². The van der Waals surface area contributed by atoms with Crippen molar-refractivity contribution in [3.8, 4) is 11.1 Å². The van der Waals surface area contributed by atoms with Gasteiger partial charge in [-0.05, 0) is 56.5 Å². The average Bonchev–Trinajstić information content (AvgIpc) is 2.81. The number of hydrogen-bond acceptors (Lipinski definition) is 2. The van der Waals surface area contributed by atoms with Gasteiger partial charge < -0.3 is 5.32 Å². The molecule has 2 heterocycles. The van der Waals surface area contributed by atoms with Crippen LogP contribution >= 0.6 is 15.9 Å². The highest BCUT2D eigenvalue weighted by molar-refractivity contribution is 9.10. The van der Waals surface area contributed by atoms with Crippen LogP contribution in [0.3, 0.4) is 0 Å². The molecule has 0 spiro atoms. The molecule has 0 bridgehead atoms. The third-order valence-corrected chi connectivity index (χ3v) is 4.42. The second-order valence-electron chi connectivity index (χ2n) is 5.57. The van der Waals surface area contributed by atoms with Gasteiger partial charge in [0.05, 0.1) is 5.69 Å². The van der Waals surface area contributed by atoms with E-state index in [-0.39, 0.29) is 0 Å². The molecule has 0 aliphatic carbocycles. The van der Waals surface area contributed by atoms with E-state index in [4.69, 9.17) is 0 Å². The minimum Gasteiger partial charge on any atom is -0.316 e. The maximum atomic E-state index is 4.68. The summed E-state index contributed by atoms with van der Waals surface area (Å²) in [6.45, 7) is 5.39. The van der Waals surface area contributed by atoms with E-state index in [1.165, 1.54) is 24.0 Å². The Morgan fingerprint density at radius 2 is 2.35 bits per heavy atom. The number of benzene rings is 1. The van der Waals surface area contributed by atoms with E-state index >= 15 is 0 Å². The summed E-state index contributed by atoms with van der Waals surface area (Å²) in [5.41, 5.74) is 3.56. The Labute approximate surface area is 128 Å². The molecule has 1 atom stereocenters. The molecule has 0 amide bonds. The first kappa shape index (κ1) is 13.8. The average molecular weight is 334 g/mol. The van der Waals surface area contributed by atoms with Gasteiger partial charge in [-0.3, -0.25) is 4.68 Å². The van der Waals surface area contributed by atoms with Crippen molar-refractivity contribution in [2.24, 2.45) is 5.92 Å². The van der Waals surface area contributed by atoms with Crippen molar-refractivity contribution in [1.82, 2.24) is 15.1 Å². The SMILES string of the molecule is Cc1nn(CC2CCCNC2)cc1-c1cccc(Br)c1. The van der Waals surface area contributed by atoms with Crippen molar-refractivity contribution < 1.29 is 0 Å². The molecule has 1 saturated heterocycles. The minimum absolute atomic E-state index is 0.707. The van der Waals surface area contributed by atoms with Crippen LogP contribution in [-0.2, 0) is 6.54 Å². The lowest BCUT2D eigenvalue weighted by atomic mass is 10.00. The quantitative estimate of drug-likeness (QED) is 0.929. The molecule has 1 fully saturated rings. The molecule has 0 radical (unpaired) electrons. The fourth-order valence-electron chi connectivity index (χ4n) is 2.90. The first-order valence-electron chi connectivity index (χ1n) is 7.23. The van der Waals surface area contributed by atoms with Gasteiger partial charge in [0.25, 0.3) is 0 Å². The summed E-state index contributed by atoms with van der Waals surface area (Å²) in [5, 5.41) is 8.15. The van der Waals surface area contributed by atoms with Crippen LogP contribution in [0.25, 0.3) is 11.1 Å². The molecule has 2 aromatic rings. The van der Waals surface area contributed by atoms with Gasteiger partial charge in [-0.25, -0.2) is 0 Å². The van der Waals surface area contributed by atoms with E-state index < -0.39 is 0 Å². The highest BCUT2D eigenvalue weighted by atomic mass is 79.9. The van der Waals surface area contributed by atoms with Gasteiger partial charge in [-0.1, -0.05) is 28.1 Å². The lowest BCUT2D eigenvalue weighted by Gasteiger charge is -2.22. The first-order valence-corrected chi connectivity index (χ1v) is 8.02. The van der Waals surface area contributed by atoms with Gasteiger partial charge in [0.1, 0.15) is 0 Å². The Balaban J connectivity index is 1.80. The molecule has 4 heteroatoms. The number of nitrogens with zero attached hydrogens (tertiary/aromatic N) is 2. The molecule has 1 aliphatic heterocycles. The first-order chi connectivity index (χ1) is 9.72. The summed E-state index contributed by atoms with van der Waals surface area (Å²) < 4.78 is 3.22. The monoisotopic (exact) mass is 333 g/mol. The Morgan fingerprint density at radius 3 is 3.10 bits per heavy atom. The summed E-state index contributed by atoms with van der Waals surface area (Å²) in [6.07, 6.45) is 4.77. The molecule has 3 nitrogen and oxygen atoms in total. The predicted octanol–water partition coefficient (Wildman–Crippen LogP) is 3.62. The highest BCUT2D eigenvalue weighted by Gasteiger charge is 2.15. The van der Waals surface area contributed by atoms with Gasteiger partial charge in [-0.2, -0.15) is 5.10 Å². The van der Waals surface area contributed by atoms with Crippen molar-refractivity contribution in [2.45, 2.75) is 26.3 Å². The second kappa shape index (κ2) is 6.10. The summed E-state index contributed by atoms with van der Waals surface area (Å²) in [6, 6.07) is 8.41. The molecule has 106 valence electrons. The van der Waals surface area contributed by atoms with Gasteiger partial charge in [0, 0.05) is 22.8 Å². The normalized spacial score (nSPS) is 19.2. The summed E-state index contributed by atoms with van der Waals surface area (Å²) in [7, 11) is 0. The van der Waals surface area contributed by atoms with E-state index in [9.17, 15) is 0 Å². The predicted molar refractivity (Wildman–Crippen MR) is 85.7 cm³/mol. The zero-order valence-electron chi connectivity index (χ0n) is 11.8. The molecule has 1 unspecified atom stereocenters. The molecule has 1 aromatic carbocycles. The zero-order valence-corrected chi connectivity index (χ0v) is 13.4. The number of aromatic nitrogens is 2. The van der Waals surface area contributed by atoms with Gasteiger partial charge >= 0.3 is 0 Å². The number of halogens is 1. The maximum Gasteiger partial charge on any atom is 0.0672 e. The number of hydrogen-bond donors (Lipinski definition) is 1. The third kappa shape index (κ3) is 3.13. The summed E-state index contributed by atoms with van der Waals surface area (Å²) in [5.74, 6) is 0.707. The van der Waals surface area contributed by atoms with Crippen LogP contribution in [0, 0.1) is 12.8 Å². The van der Waals surface area contributed by atoms with Crippen molar-refractivity contribution in [3.63, 3.8) is 0 Å². The van der Waals surface area contributed by atoms with Crippen LogP contribution in [0.15, 0.2) is 34.9 Å². The fourth-order valence-corrected chi connectivity index (χ4v) is 3.29. The van der Waals surface area contributed by atoms with Crippen molar-refractivity contribution in [1.29, 1.82) is 0 Å². The standard InChI is InChI=1S/C16H20BrN3/c1-12-16(14-5-2-6-15(17)8-14)11-20(19-12)10-13-4-3-7-18-9-13/h2,5-6,8,11,13,18H,3-4,7,9-10H2,1H3. The van der Waals surface area contributed by atoms with Crippen LogP contribution in [0.2, 0.25) is 0 Å². The van der Waals surface area contributed by atoms with Crippen molar-refractivity contribution >= 4 is 15.9 Å². The minimum atomic E-state index is 0.707. The second-order valence-corrected chi connectivity index (χ2v) is 6.49.